The minimum Gasteiger partial charge on any atom is -0.348 e. The maximum Gasteiger partial charge on any atom is 0.254 e. The highest BCUT2D eigenvalue weighted by atomic mass is 32.2. The molecule has 2 aromatic rings. The van der Waals surface area contributed by atoms with Crippen molar-refractivity contribution in [1.29, 1.82) is 0 Å². The summed E-state index contributed by atoms with van der Waals surface area (Å²) >= 11 is 0. The summed E-state index contributed by atoms with van der Waals surface area (Å²) in [5.74, 6) is -1.78. The number of rotatable bonds is 10. The first-order chi connectivity index (χ1) is 14.4. The Balaban J connectivity index is 2.06. The molecule has 2 rings (SSSR count). The summed E-state index contributed by atoms with van der Waals surface area (Å²) in [6.07, 6.45) is 0. The second-order valence-electron chi connectivity index (χ2n) is 7.17. The van der Waals surface area contributed by atoms with Gasteiger partial charge in [-0.05, 0) is 43.2 Å². The van der Waals surface area contributed by atoms with Gasteiger partial charge in [-0.2, -0.15) is 0 Å². The van der Waals surface area contributed by atoms with E-state index < -0.39 is 31.8 Å². The molecular formula is C20H26FN3O5S2. The van der Waals surface area contributed by atoms with E-state index in [0.29, 0.717) is 11.1 Å². The molecule has 1 amide bonds. The minimum absolute atomic E-state index is 0.0553. The van der Waals surface area contributed by atoms with E-state index in [2.05, 4.69) is 14.8 Å². The Kier molecular flexibility index (Phi) is 8.29. The van der Waals surface area contributed by atoms with Gasteiger partial charge in [-0.1, -0.05) is 31.2 Å². The summed E-state index contributed by atoms with van der Waals surface area (Å²) in [5.41, 5.74) is 0.861. The van der Waals surface area contributed by atoms with Gasteiger partial charge in [0, 0.05) is 19.1 Å². The third-order valence-corrected chi connectivity index (χ3v) is 7.16. The van der Waals surface area contributed by atoms with Crippen LogP contribution in [0.25, 0.3) is 0 Å². The normalized spacial score (nSPS) is 12.2. The van der Waals surface area contributed by atoms with Crippen LogP contribution in [0.4, 0.5) is 4.39 Å². The highest BCUT2D eigenvalue weighted by Gasteiger charge is 2.19. The van der Waals surface area contributed by atoms with Crippen molar-refractivity contribution >= 4 is 26.0 Å². The number of hydrogen-bond acceptors (Lipinski definition) is 5. The number of benzene rings is 2. The predicted molar refractivity (Wildman–Crippen MR) is 116 cm³/mol. The van der Waals surface area contributed by atoms with Gasteiger partial charge in [0.2, 0.25) is 20.0 Å². The van der Waals surface area contributed by atoms with Crippen LogP contribution in [0.2, 0.25) is 0 Å². The number of carbonyl (C=O) groups is 1. The summed E-state index contributed by atoms with van der Waals surface area (Å²) in [5, 5.41) is 2.54. The molecule has 0 aliphatic heterocycles. The molecule has 0 aliphatic carbocycles. The number of amides is 1. The molecule has 0 aromatic heterocycles. The second kappa shape index (κ2) is 10.3. The summed E-state index contributed by atoms with van der Waals surface area (Å²) in [7, 11) is -7.28. The van der Waals surface area contributed by atoms with Gasteiger partial charge in [-0.3, -0.25) is 4.79 Å². The zero-order valence-electron chi connectivity index (χ0n) is 17.5. The van der Waals surface area contributed by atoms with Gasteiger partial charge >= 0.3 is 0 Å². The molecule has 0 bridgehead atoms. The molecule has 3 N–H and O–H groups in total. The molecular weight excluding hydrogens is 445 g/mol. The predicted octanol–water partition coefficient (Wildman–Crippen LogP) is 1.88. The molecule has 0 spiro atoms. The highest BCUT2D eigenvalue weighted by molar-refractivity contribution is 7.89. The molecule has 0 aliphatic rings. The van der Waals surface area contributed by atoms with Crippen molar-refractivity contribution < 1.29 is 26.0 Å². The topological polar surface area (TPSA) is 121 Å². The number of nitrogens with one attached hydrogen (secondary N) is 3. The number of hydrogen-bond donors (Lipinski definition) is 3. The van der Waals surface area contributed by atoms with Crippen molar-refractivity contribution in [3.8, 4) is 0 Å². The van der Waals surface area contributed by atoms with Gasteiger partial charge in [0.25, 0.3) is 5.91 Å². The largest absolute Gasteiger partial charge is 0.348 e. The van der Waals surface area contributed by atoms with Crippen molar-refractivity contribution in [1.82, 2.24) is 14.8 Å². The molecule has 170 valence electrons. The molecule has 0 atom stereocenters. The summed E-state index contributed by atoms with van der Waals surface area (Å²) in [6.45, 7) is 5.29. The van der Waals surface area contributed by atoms with Crippen LogP contribution >= 0.6 is 0 Å². The van der Waals surface area contributed by atoms with E-state index in [9.17, 15) is 26.0 Å². The third-order valence-electron chi connectivity index (χ3n) is 4.08. The molecule has 0 saturated heterocycles. The monoisotopic (exact) mass is 471 g/mol. The number of carbonyl (C=O) groups excluding carboxylic acids is 1. The van der Waals surface area contributed by atoms with Crippen LogP contribution in [-0.2, 0) is 32.3 Å². The van der Waals surface area contributed by atoms with E-state index in [-0.39, 0.29) is 35.3 Å². The van der Waals surface area contributed by atoms with Crippen molar-refractivity contribution in [2.75, 3.05) is 6.54 Å². The van der Waals surface area contributed by atoms with Gasteiger partial charge in [0.05, 0.1) is 16.2 Å². The smallest absolute Gasteiger partial charge is 0.254 e. The minimum atomic E-state index is -3.83. The highest BCUT2D eigenvalue weighted by Crippen LogP contribution is 2.16. The summed E-state index contributed by atoms with van der Waals surface area (Å²) in [4.78, 5) is 12.2. The van der Waals surface area contributed by atoms with Crippen LogP contribution in [0.1, 0.15) is 42.3 Å². The summed E-state index contributed by atoms with van der Waals surface area (Å²) < 4.78 is 67.0. The van der Waals surface area contributed by atoms with E-state index in [1.807, 2.05) is 0 Å². The van der Waals surface area contributed by atoms with Crippen molar-refractivity contribution in [2.45, 2.75) is 44.0 Å². The van der Waals surface area contributed by atoms with Crippen LogP contribution in [0, 0.1) is 5.82 Å². The molecule has 11 heteroatoms. The fourth-order valence-electron chi connectivity index (χ4n) is 2.77. The van der Waals surface area contributed by atoms with Crippen molar-refractivity contribution in [3.63, 3.8) is 0 Å². The Morgan fingerprint density at radius 2 is 1.61 bits per heavy atom. The van der Waals surface area contributed by atoms with Crippen LogP contribution < -0.4 is 14.8 Å². The number of sulfonamides is 2. The first kappa shape index (κ1) is 24.9. The number of halogens is 1. The average Bonchev–Trinajstić information content (AvgIpc) is 2.66. The Hall–Kier alpha value is -2.34. The lowest BCUT2D eigenvalue weighted by Crippen LogP contribution is -2.31. The fourth-order valence-corrected chi connectivity index (χ4v) is 5.27. The molecule has 8 nitrogen and oxygen atoms in total. The lowest BCUT2D eigenvalue weighted by Gasteiger charge is -2.11. The molecule has 31 heavy (non-hydrogen) atoms. The quantitative estimate of drug-likeness (QED) is 0.489. The van der Waals surface area contributed by atoms with E-state index in [0.717, 1.165) is 18.2 Å². The molecule has 0 unspecified atom stereocenters. The van der Waals surface area contributed by atoms with Gasteiger partial charge in [0.1, 0.15) is 5.82 Å². The first-order valence-corrected chi connectivity index (χ1v) is 12.7. The third kappa shape index (κ3) is 7.39. The molecule has 0 saturated carbocycles. The van der Waals surface area contributed by atoms with Crippen LogP contribution in [-0.4, -0.2) is 35.3 Å². The van der Waals surface area contributed by atoms with E-state index in [4.69, 9.17) is 0 Å². The molecule has 0 heterocycles. The lowest BCUT2D eigenvalue weighted by molar-refractivity contribution is 0.0946. The fraction of sp³-hybridized carbons (Fsp3) is 0.350. The Morgan fingerprint density at radius 1 is 1.00 bits per heavy atom. The Bertz CT molecular complexity index is 1130. The Morgan fingerprint density at radius 3 is 2.19 bits per heavy atom. The average molecular weight is 472 g/mol. The zero-order valence-corrected chi connectivity index (χ0v) is 19.1. The van der Waals surface area contributed by atoms with Gasteiger partial charge in [-0.15, -0.1) is 0 Å². The second-order valence-corrected chi connectivity index (χ2v) is 10.7. The maximum atomic E-state index is 14.1. The van der Waals surface area contributed by atoms with E-state index >= 15 is 0 Å². The van der Waals surface area contributed by atoms with E-state index in [1.165, 1.54) is 0 Å². The van der Waals surface area contributed by atoms with E-state index in [1.54, 1.807) is 45.0 Å². The van der Waals surface area contributed by atoms with Crippen LogP contribution in [0.5, 0.6) is 0 Å². The van der Waals surface area contributed by atoms with Crippen LogP contribution in [0.15, 0.2) is 47.4 Å². The van der Waals surface area contributed by atoms with Gasteiger partial charge < -0.3 is 5.32 Å². The Labute approximate surface area is 182 Å². The zero-order chi connectivity index (χ0) is 23.2. The molecule has 0 fully saturated rings. The van der Waals surface area contributed by atoms with Crippen molar-refractivity contribution in [2.24, 2.45) is 0 Å². The maximum absolute atomic E-state index is 14.1. The van der Waals surface area contributed by atoms with Gasteiger partial charge in [0.15, 0.2) is 0 Å². The van der Waals surface area contributed by atoms with Crippen molar-refractivity contribution in [3.05, 3.63) is 65.0 Å². The molecule has 0 radical (unpaired) electrons. The molecule has 2 aromatic carbocycles. The lowest BCUT2D eigenvalue weighted by atomic mass is 10.1. The van der Waals surface area contributed by atoms with Crippen LogP contribution in [0.3, 0.4) is 0 Å². The standard InChI is InChI=1S/C20H26FN3O5S2/c1-4-23-31(28,29)17-9-10-19(21)18(11-17)20(25)22-12-15-5-7-16(8-6-15)13-30(26,27)24-14(2)3/h5-11,14,23-24H,4,12-13H2,1-3H3,(H,22,25). The first-order valence-electron chi connectivity index (χ1n) is 9.58. The SMILES string of the molecule is CCNS(=O)(=O)c1ccc(F)c(C(=O)NCc2ccc(CS(=O)(=O)NC(C)C)cc2)c1. The van der Waals surface area contributed by atoms with Gasteiger partial charge in [-0.25, -0.2) is 30.7 Å². The summed E-state index contributed by atoms with van der Waals surface area (Å²) in [6, 6.07) is 9.37.